The van der Waals surface area contributed by atoms with Crippen molar-refractivity contribution in [1.29, 1.82) is 0 Å². The summed E-state index contributed by atoms with van der Waals surface area (Å²) in [6.07, 6.45) is 3.62. The molecule has 18 heavy (non-hydrogen) atoms. The molecule has 1 unspecified atom stereocenters. The second-order valence-corrected chi connectivity index (χ2v) is 4.91. The highest BCUT2D eigenvalue weighted by atomic mass is 35.5. The fourth-order valence-corrected chi connectivity index (χ4v) is 2.60. The van der Waals surface area contributed by atoms with Crippen molar-refractivity contribution in [2.24, 2.45) is 0 Å². The van der Waals surface area contributed by atoms with E-state index in [4.69, 9.17) is 23.2 Å². The molecule has 0 N–H and O–H groups in total. The summed E-state index contributed by atoms with van der Waals surface area (Å²) in [6, 6.07) is 8.17. The Hall–Kier alpha value is -1.45. The van der Waals surface area contributed by atoms with Gasteiger partial charge in [-0.15, -0.1) is 0 Å². The largest absolute Gasteiger partial charge is 0.225 e. The first-order chi connectivity index (χ1) is 8.66. The fraction of sp³-hybridized carbons (Fsp3) is 0.154. The van der Waals surface area contributed by atoms with Crippen LogP contribution in [0.3, 0.4) is 0 Å². The molecule has 1 aromatic heterocycles. The summed E-state index contributed by atoms with van der Waals surface area (Å²) in [5.41, 5.74) is 3.08. The maximum absolute atomic E-state index is 6.17. The van der Waals surface area contributed by atoms with E-state index in [0.29, 0.717) is 5.02 Å². The highest BCUT2D eigenvalue weighted by Crippen LogP contribution is 2.36. The Labute approximate surface area is 121 Å². The summed E-state index contributed by atoms with van der Waals surface area (Å²) in [7, 11) is 2.01. The number of fused-ring (bicyclic) bond motifs is 1. The van der Waals surface area contributed by atoms with E-state index in [1.807, 2.05) is 19.2 Å². The molecule has 1 atom stereocenters. The highest BCUT2D eigenvalue weighted by Gasteiger charge is 2.32. The first kappa shape index (κ1) is 11.6. The predicted octanol–water partition coefficient (Wildman–Crippen LogP) is 4.26. The number of hydrogen-bond donors (Lipinski definition) is 0. The number of nitrogens with zero attached hydrogens (tertiary/aromatic N) is 3. The molecule has 1 aromatic carbocycles. The molecule has 0 saturated heterocycles. The summed E-state index contributed by atoms with van der Waals surface area (Å²) < 4.78 is 2.08. The van der Waals surface area contributed by atoms with Gasteiger partial charge in [-0.25, -0.2) is 14.5 Å². The smallest absolute Gasteiger partial charge is 0.222 e. The third kappa shape index (κ3) is 1.80. The number of rotatable bonds is 1. The van der Waals surface area contributed by atoms with Crippen molar-refractivity contribution in [3.05, 3.63) is 52.0 Å². The van der Waals surface area contributed by atoms with Crippen molar-refractivity contribution in [3.63, 3.8) is 0 Å². The molecular formula is C13H18Cl2N3+. The zero-order chi connectivity index (χ0) is 12.7. The van der Waals surface area contributed by atoms with E-state index in [2.05, 4.69) is 32.9 Å². The molecule has 2 aromatic rings. The summed E-state index contributed by atoms with van der Waals surface area (Å²) in [6.45, 7) is 0. The van der Waals surface area contributed by atoms with Crippen LogP contribution in [0.15, 0.2) is 30.5 Å². The van der Waals surface area contributed by atoms with E-state index >= 15 is 0 Å². The molecule has 2 heterocycles. The summed E-state index contributed by atoms with van der Waals surface area (Å²) in [5.74, 6) is 0.0270. The number of para-hydroxylation sites is 1. The van der Waals surface area contributed by atoms with Gasteiger partial charge in [-0.1, -0.05) is 29.8 Å². The van der Waals surface area contributed by atoms with Gasteiger partial charge in [0.1, 0.15) is 13.0 Å². The molecule has 98 valence electrons. The topological polar surface area (TPSA) is 28.8 Å². The van der Waals surface area contributed by atoms with Gasteiger partial charge in [0.05, 0.1) is 16.9 Å². The highest BCUT2D eigenvalue weighted by molar-refractivity contribution is 6.32. The second kappa shape index (κ2) is 4.34. The van der Waals surface area contributed by atoms with Crippen LogP contribution in [0, 0.1) is 0 Å². The molecule has 5 heteroatoms. The minimum Gasteiger partial charge on any atom is -0.225 e. The molecule has 0 radical (unpaired) electrons. The third-order valence-corrected chi connectivity index (χ3v) is 3.53. The van der Waals surface area contributed by atoms with Crippen LogP contribution in [0.2, 0.25) is 10.3 Å². The van der Waals surface area contributed by atoms with Gasteiger partial charge in [0, 0.05) is 17.3 Å². The molecule has 0 spiro atoms. The third-order valence-electron chi connectivity index (χ3n) is 3.06. The monoisotopic (exact) mass is 286 g/mol. The molecular weight excluding hydrogens is 269 g/mol. The Bertz CT molecular complexity index is 667. The summed E-state index contributed by atoms with van der Waals surface area (Å²) in [5, 5.41) is 0.751. The minimum atomic E-state index is 0. The van der Waals surface area contributed by atoms with Crippen LogP contribution in [0.1, 0.15) is 22.9 Å². The molecule has 1 aliphatic heterocycles. The standard InChI is InChI=1S/C13H10Cl2N3.4H2/c1-18-7-9(8-4-2-3-5-11(8)18)12-10(14)6-16-13(15)17-12;;;;/h2-7,9H,1H3;4*1H/q+1;;;;. The molecule has 0 saturated carbocycles. The lowest BCUT2D eigenvalue weighted by Gasteiger charge is -2.07. The first-order valence-corrected chi connectivity index (χ1v) is 6.27. The average molecular weight is 287 g/mol. The van der Waals surface area contributed by atoms with Gasteiger partial charge in [-0.2, -0.15) is 0 Å². The van der Waals surface area contributed by atoms with Crippen LogP contribution in [0.25, 0.3) is 0 Å². The Kier molecular flexibility index (Phi) is 2.80. The van der Waals surface area contributed by atoms with Crippen LogP contribution < -0.4 is 0 Å². The Morgan fingerprint density at radius 3 is 2.89 bits per heavy atom. The molecule has 1 aliphatic rings. The SMILES string of the molecule is C[N+]1=CC(c2nc(Cl)ncc2Cl)c2ccccc21.[HH].[HH].[HH].[HH]. The molecule has 0 bridgehead atoms. The van der Waals surface area contributed by atoms with Gasteiger partial charge >= 0.3 is 0 Å². The Morgan fingerprint density at radius 2 is 2.06 bits per heavy atom. The fourth-order valence-electron chi connectivity index (χ4n) is 2.25. The van der Waals surface area contributed by atoms with Crippen molar-refractivity contribution < 1.29 is 10.3 Å². The number of benzene rings is 1. The second-order valence-electron chi connectivity index (χ2n) is 4.17. The maximum Gasteiger partial charge on any atom is 0.222 e. The van der Waals surface area contributed by atoms with Crippen molar-refractivity contribution in [3.8, 4) is 0 Å². The van der Waals surface area contributed by atoms with E-state index in [0.717, 1.165) is 11.4 Å². The minimum absolute atomic E-state index is 0. The van der Waals surface area contributed by atoms with Crippen molar-refractivity contribution in [1.82, 2.24) is 9.97 Å². The molecule has 0 amide bonds. The zero-order valence-corrected chi connectivity index (χ0v) is 11.2. The molecule has 3 rings (SSSR count). The molecule has 0 aliphatic carbocycles. The van der Waals surface area contributed by atoms with E-state index in [1.54, 1.807) is 6.20 Å². The molecule has 3 nitrogen and oxygen atoms in total. The number of halogens is 2. The van der Waals surface area contributed by atoms with Gasteiger partial charge in [-0.3, -0.25) is 0 Å². The Morgan fingerprint density at radius 1 is 1.28 bits per heavy atom. The van der Waals surface area contributed by atoms with E-state index < -0.39 is 0 Å². The lowest BCUT2D eigenvalue weighted by atomic mass is 9.98. The van der Waals surface area contributed by atoms with Gasteiger partial charge in [-0.05, 0) is 11.6 Å². The lowest BCUT2D eigenvalue weighted by molar-refractivity contribution is -0.396. The van der Waals surface area contributed by atoms with Gasteiger partial charge in [0.2, 0.25) is 11.0 Å². The first-order valence-electron chi connectivity index (χ1n) is 5.51. The van der Waals surface area contributed by atoms with Crippen LogP contribution >= 0.6 is 23.2 Å². The van der Waals surface area contributed by atoms with Gasteiger partial charge in [0.25, 0.3) is 0 Å². The van der Waals surface area contributed by atoms with Crippen LogP contribution in [0.4, 0.5) is 5.69 Å². The zero-order valence-electron chi connectivity index (χ0n) is 9.64. The van der Waals surface area contributed by atoms with E-state index in [9.17, 15) is 0 Å². The Balaban J connectivity index is 0. The number of aromatic nitrogens is 2. The maximum atomic E-state index is 6.17. The van der Waals surface area contributed by atoms with Gasteiger partial charge < -0.3 is 0 Å². The lowest BCUT2D eigenvalue weighted by Crippen LogP contribution is -2.05. The quantitative estimate of drug-likeness (QED) is 0.579. The predicted molar refractivity (Wildman–Crippen MR) is 80.7 cm³/mol. The normalized spacial score (nSPS) is 17.5. The van der Waals surface area contributed by atoms with E-state index in [-0.39, 0.29) is 16.9 Å². The average Bonchev–Trinajstić information content (AvgIpc) is 2.71. The van der Waals surface area contributed by atoms with Crippen molar-refractivity contribution >= 4 is 35.1 Å². The molecule has 0 fully saturated rings. The summed E-state index contributed by atoms with van der Waals surface area (Å²) >= 11 is 12.0. The van der Waals surface area contributed by atoms with Gasteiger partial charge in [0.15, 0.2) is 6.21 Å². The van der Waals surface area contributed by atoms with E-state index in [1.165, 1.54) is 5.56 Å². The van der Waals surface area contributed by atoms with Crippen molar-refractivity contribution in [2.75, 3.05) is 7.05 Å². The van der Waals surface area contributed by atoms with Crippen LogP contribution in [-0.2, 0) is 0 Å². The van der Waals surface area contributed by atoms with Crippen LogP contribution in [-0.4, -0.2) is 27.8 Å². The van der Waals surface area contributed by atoms with Crippen molar-refractivity contribution in [2.45, 2.75) is 5.92 Å². The summed E-state index contributed by atoms with van der Waals surface area (Å²) in [4.78, 5) is 8.13. The number of hydrogen-bond acceptors (Lipinski definition) is 2. The van der Waals surface area contributed by atoms with Crippen LogP contribution in [0.5, 0.6) is 0 Å².